The van der Waals surface area contributed by atoms with Crippen molar-refractivity contribution in [2.24, 2.45) is 0 Å². The Bertz CT molecular complexity index is 334. The van der Waals surface area contributed by atoms with Crippen molar-refractivity contribution in [1.82, 2.24) is 5.32 Å². The van der Waals surface area contributed by atoms with Crippen molar-refractivity contribution < 1.29 is 4.74 Å². The van der Waals surface area contributed by atoms with E-state index < -0.39 is 0 Å². The predicted molar refractivity (Wildman–Crippen MR) is 73.9 cm³/mol. The van der Waals surface area contributed by atoms with Crippen molar-refractivity contribution >= 4 is 0 Å². The van der Waals surface area contributed by atoms with E-state index >= 15 is 0 Å². The van der Waals surface area contributed by atoms with E-state index in [9.17, 15) is 0 Å². The third kappa shape index (κ3) is 4.78. The molecule has 1 N–H and O–H groups in total. The maximum atomic E-state index is 5.89. The summed E-state index contributed by atoms with van der Waals surface area (Å²) in [6.07, 6.45) is 1.05. The molecule has 0 fully saturated rings. The van der Waals surface area contributed by atoms with Crippen LogP contribution < -0.4 is 10.1 Å². The third-order valence-corrected chi connectivity index (χ3v) is 2.80. The molecule has 1 aromatic carbocycles. The summed E-state index contributed by atoms with van der Waals surface area (Å²) in [5.74, 6) is 1.57. The lowest BCUT2D eigenvalue weighted by Crippen LogP contribution is -2.16. The summed E-state index contributed by atoms with van der Waals surface area (Å²) in [7, 11) is 0. The largest absolute Gasteiger partial charge is 0.493 e. The topological polar surface area (TPSA) is 21.3 Å². The minimum atomic E-state index is 0.513. The van der Waals surface area contributed by atoms with Crippen LogP contribution in [0.25, 0.3) is 0 Å². The van der Waals surface area contributed by atoms with Crippen LogP contribution in [0.1, 0.15) is 44.2 Å². The van der Waals surface area contributed by atoms with Gasteiger partial charge in [-0.3, -0.25) is 0 Å². The lowest BCUT2D eigenvalue weighted by Gasteiger charge is -2.14. The molecular formula is C15H25NO. The van der Waals surface area contributed by atoms with Gasteiger partial charge in [0, 0.05) is 0 Å². The van der Waals surface area contributed by atoms with Crippen molar-refractivity contribution in [2.75, 3.05) is 19.7 Å². The molecule has 2 heteroatoms. The van der Waals surface area contributed by atoms with Gasteiger partial charge in [0.2, 0.25) is 0 Å². The van der Waals surface area contributed by atoms with Crippen molar-refractivity contribution in [3.63, 3.8) is 0 Å². The van der Waals surface area contributed by atoms with Gasteiger partial charge in [0.05, 0.1) is 6.61 Å². The zero-order valence-electron chi connectivity index (χ0n) is 11.5. The molecule has 0 heterocycles. The SMILES string of the molecule is CCNCCCOc1cc(C)ccc1C(C)C. The fourth-order valence-electron chi connectivity index (χ4n) is 1.80. The number of hydrogen-bond acceptors (Lipinski definition) is 2. The zero-order valence-corrected chi connectivity index (χ0v) is 11.5. The molecule has 0 aromatic heterocycles. The molecule has 1 rings (SSSR count). The van der Waals surface area contributed by atoms with Crippen LogP contribution in [0, 0.1) is 6.92 Å². The summed E-state index contributed by atoms with van der Waals surface area (Å²) in [6, 6.07) is 6.48. The number of ether oxygens (including phenoxy) is 1. The van der Waals surface area contributed by atoms with E-state index in [1.54, 1.807) is 0 Å². The van der Waals surface area contributed by atoms with Crippen LogP contribution in [0.4, 0.5) is 0 Å². The van der Waals surface area contributed by atoms with Crippen molar-refractivity contribution in [1.29, 1.82) is 0 Å². The molecular weight excluding hydrogens is 210 g/mol. The predicted octanol–water partition coefficient (Wildman–Crippen LogP) is 3.50. The fourth-order valence-corrected chi connectivity index (χ4v) is 1.80. The number of nitrogens with one attached hydrogen (secondary N) is 1. The van der Waals surface area contributed by atoms with E-state index in [-0.39, 0.29) is 0 Å². The molecule has 0 atom stereocenters. The van der Waals surface area contributed by atoms with Crippen molar-refractivity contribution in [3.8, 4) is 5.75 Å². The second kappa shape index (κ2) is 7.33. The molecule has 0 aliphatic heterocycles. The third-order valence-electron chi connectivity index (χ3n) is 2.80. The Morgan fingerprint density at radius 1 is 1.29 bits per heavy atom. The summed E-state index contributed by atoms with van der Waals surface area (Å²) >= 11 is 0. The summed E-state index contributed by atoms with van der Waals surface area (Å²) in [4.78, 5) is 0. The number of rotatable bonds is 7. The normalized spacial score (nSPS) is 10.9. The van der Waals surface area contributed by atoms with Gasteiger partial charge in [-0.2, -0.15) is 0 Å². The molecule has 2 nitrogen and oxygen atoms in total. The highest BCUT2D eigenvalue weighted by molar-refractivity contribution is 5.39. The van der Waals surface area contributed by atoms with Gasteiger partial charge >= 0.3 is 0 Å². The van der Waals surface area contributed by atoms with Gasteiger partial charge in [-0.05, 0) is 49.5 Å². The first-order valence-corrected chi connectivity index (χ1v) is 6.59. The summed E-state index contributed by atoms with van der Waals surface area (Å²) < 4.78 is 5.89. The van der Waals surface area contributed by atoms with Crippen LogP contribution in [0.3, 0.4) is 0 Å². The monoisotopic (exact) mass is 235 g/mol. The lowest BCUT2D eigenvalue weighted by atomic mass is 10.0. The molecule has 1 aromatic rings. The highest BCUT2D eigenvalue weighted by Gasteiger charge is 2.07. The molecule has 96 valence electrons. The van der Waals surface area contributed by atoms with E-state index in [1.807, 2.05) is 0 Å². The summed E-state index contributed by atoms with van der Waals surface area (Å²) in [5.41, 5.74) is 2.56. The molecule has 0 spiro atoms. The minimum Gasteiger partial charge on any atom is -0.493 e. The number of hydrogen-bond donors (Lipinski definition) is 1. The van der Waals surface area contributed by atoms with E-state index in [1.165, 1.54) is 11.1 Å². The standard InChI is InChI=1S/C15H25NO/c1-5-16-9-6-10-17-15-11-13(4)7-8-14(15)12(2)3/h7-8,11-12,16H,5-6,9-10H2,1-4H3. The van der Waals surface area contributed by atoms with Gasteiger partial charge in [0.1, 0.15) is 5.75 Å². The molecule has 0 saturated carbocycles. The first-order valence-electron chi connectivity index (χ1n) is 6.59. The van der Waals surface area contributed by atoms with E-state index in [4.69, 9.17) is 4.74 Å². The average Bonchev–Trinajstić information content (AvgIpc) is 2.28. The van der Waals surface area contributed by atoms with Crippen LogP contribution in [0.15, 0.2) is 18.2 Å². The Morgan fingerprint density at radius 2 is 2.06 bits per heavy atom. The Morgan fingerprint density at radius 3 is 2.71 bits per heavy atom. The molecule has 17 heavy (non-hydrogen) atoms. The van der Waals surface area contributed by atoms with E-state index in [0.717, 1.165) is 31.9 Å². The molecule has 0 radical (unpaired) electrons. The van der Waals surface area contributed by atoms with Gasteiger partial charge in [-0.25, -0.2) is 0 Å². The van der Waals surface area contributed by atoms with Gasteiger partial charge in [0.15, 0.2) is 0 Å². The maximum absolute atomic E-state index is 5.89. The Labute approximate surface area is 105 Å². The molecule has 0 amide bonds. The molecule has 0 aliphatic rings. The van der Waals surface area contributed by atoms with Gasteiger partial charge < -0.3 is 10.1 Å². The highest BCUT2D eigenvalue weighted by atomic mass is 16.5. The second-order valence-corrected chi connectivity index (χ2v) is 4.75. The Kier molecular flexibility index (Phi) is 6.06. The van der Waals surface area contributed by atoms with Crippen LogP contribution in [0.5, 0.6) is 5.75 Å². The lowest BCUT2D eigenvalue weighted by molar-refractivity contribution is 0.304. The Balaban J connectivity index is 2.53. The van der Waals surface area contributed by atoms with Gasteiger partial charge in [0.25, 0.3) is 0 Å². The average molecular weight is 235 g/mol. The maximum Gasteiger partial charge on any atom is 0.122 e. The Hall–Kier alpha value is -1.02. The number of aryl methyl sites for hydroxylation is 1. The molecule has 0 bridgehead atoms. The second-order valence-electron chi connectivity index (χ2n) is 4.75. The first-order chi connectivity index (χ1) is 8.15. The molecule has 0 aliphatic carbocycles. The van der Waals surface area contributed by atoms with Crippen LogP contribution in [-0.2, 0) is 0 Å². The molecule has 0 unspecified atom stereocenters. The highest BCUT2D eigenvalue weighted by Crippen LogP contribution is 2.27. The van der Waals surface area contributed by atoms with Crippen molar-refractivity contribution in [2.45, 2.75) is 40.0 Å². The van der Waals surface area contributed by atoms with Crippen LogP contribution >= 0.6 is 0 Å². The van der Waals surface area contributed by atoms with Crippen LogP contribution in [0.2, 0.25) is 0 Å². The van der Waals surface area contributed by atoms with Crippen molar-refractivity contribution in [3.05, 3.63) is 29.3 Å². The smallest absolute Gasteiger partial charge is 0.122 e. The van der Waals surface area contributed by atoms with Crippen LogP contribution in [-0.4, -0.2) is 19.7 Å². The minimum absolute atomic E-state index is 0.513. The van der Waals surface area contributed by atoms with E-state index in [0.29, 0.717) is 5.92 Å². The quantitative estimate of drug-likeness (QED) is 0.730. The van der Waals surface area contributed by atoms with E-state index in [2.05, 4.69) is 51.2 Å². The first kappa shape index (κ1) is 14.0. The molecule has 0 saturated heterocycles. The zero-order chi connectivity index (χ0) is 12.7. The summed E-state index contributed by atoms with van der Waals surface area (Å²) in [5, 5.41) is 3.30. The van der Waals surface area contributed by atoms with Gasteiger partial charge in [-0.15, -0.1) is 0 Å². The van der Waals surface area contributed by atoms with Gasteiger partial charge in [-0.1, -0.05) is 32.9 Å². The summed E-state index contributed by atoms with van der Waals surface area (Å²) in [6.45, 7) is 11.5. The number of benzene rings is 1. The fraction of sp³-hybridized carbons (Fsp3) is 0.600.